The average molecular weight is 262 g/mol. The second-order valence-corrected chi connectivity index (χ2v) is 4.86. The van der Waals surface area contributed by atoms with Crippen LogP contribution in [-0.4, -0.2) is 25.0 Å². The molecule has 1 amide bonds. The van der Waals surface area contributed by atoms with E-state index in [1.54, 1.807) is 5.38 Å². The second-order valence-electron chi connectivity index (χ2n) is 3.97. The minimum Gasteiger partial charge on any atom is -0.378 e. The average Bonchev–Trinajstić information content (AvgIpc) is 2.76. The summed E-state index contributed by atoms with van der Waals surface area (Å²) in [6, 6.07) is 7.59. The summed E-state index contributed by atoms with van der Waals surface area (Å²) in [5.41, 5.74) is 7.59. The Hall–Kier alpha value is -2.08. The number of benzene rings is 1. The predicted octanol–water partition coefficient (Wildman–Crippen LogP) is 2.04. The third-order valence-electron chi connectivity index (χ3n) is 2.38. The molecule has 5 nitrogen and oxygen atoms in total. The second kappa shape index (κ2) is 5.05. The first-order valence-electron chi connectivity index (χ1n) is 5.36. The van der Waals surface area contributed by atoms with Crippen LogP contribution in [0.25, 0.3) is 0 Å². The lowest BCUT2D eigenvalue weighted by molar-refractivity contribution is 0.102. The molecule has 1 aromatic carbocycles. The molecule has 0 atom stereocenters. The number of carbonyl (C=O) groups excluding carboxylic acids is 1. The fraction of sp³-hybridized carbons (Fsp3) is 0.167. The number of nitrogens with one attached hydrogen (secondary N) is 1. The number of hydrogen-bond donors (Lipinski definition) is 2. The van der Waals surface area contributed by atoms with Crippen LogP contribution in [-0.2, 0) is 0 Å². The molecule has 6 heteroatoms. The van der Waals surface area contributed by atoms with Gasteiger partial charge in [-0.2, -0.15) is 0 Å². The monoisotopic (exact) mass is 262 g/mol. The van der Waals surface area contributed by atoms with Gasteiger partial charge in [-0.1, -0.05) is 6.07 Å². The highest BCUT2D eigenvalue weighted by Crippen LogP contribution is 2.18. The Morgan fingerprint density at radius 3 is 2.83 bits per heavy atom. The van der Waals surface area contributed by atoms with Gasteiger partial charge in [0.2, 0.25) is 0 Å². The van der Waals surface area contributed by atoms with Gasteiger partial charge >= 0.3 is 0 Å². The number of amides is 1. The normalized spacial score (nSPS) is 10.1. The number of hydrogen-bond acceptors (Lipinski definition) is 5. The molecule has 0 aliphatic rings. The van der Waals surface area contributed by atoms with E-state index in [9.17, 15) is 4.79 Å². The summed E-state index contributed by atoms with van der Waals surface area (Å²) in [5, 5.41) is 4.82. The Morgan fingerprint density at radius 2 is 2.22 bits per heavy atom. The number of nitrogen functional groups attached to an aromatic ring is 1. The molecule has 94 valence electrons. The van der Waals surface area contributed by atoms with Crippen molar-refractivity contribution in [1.82, 2.24) is 4.98 Å². The zero-order valence-electron chi connectivity index (χ0n) is 10.2. The first-order chi connectivity index (χ1) is 8.56. The van der Waals surface area contributed by atoms with Gasteiger partial charge in [-0.3, -0.25) is 4.79 Å². The molecule has 0 fully saturated rings. The van der Waals surface area contributed by atoms with Crippen LogP contribution in [0.1, 0.15) is 10.5 Å². The molecule has 18 heavy (non-hydrogen) atoms. The van der Waals surface area contributed by atoms with Crippen molar-refractivity contribution in [2.24, 2.45) is 0 Å². The molecular weight excluding hydrogens is 248 g/mol. The number of aromatic nitrogens is 1. The van der Waals surface area contributed by atoms with E-state index < -0.39 is 0 Å². The maximum atomic E-state index is 11.9. The minimum absolute atomic E-state index is 0.251. The third kappa shape index (κ3) is 2.78. The molecule has 0 saturated carbocycles. The van der Waals surface area contributed by atoms with Crippen LogP contribution in [0.5, 0.6) is 0 Å². The molecule has 0 aliphatic carbocycles. The van der Waals surface area contributed by atoms with Crippen LogP contribution in [0.4, 0.5) is 16.5 Å². The molecule has 0 radical (unpaired) electrons. The molecule has 2 aromatic rings. The number of anilines is 3. The van der Waals surface area contributed by atoms with Crippen molar-refractivity contribution < 1.29 is 4.79 Å². The molecule has 3 N–H and O–H groups in total. The fourth-order valence-corrected chi connectivity index (χ4v) is 1.99. The maximum absolute atomic E-state index is 11.9. The number of nitrogens with zero attached hydrogens (tertiary/aromatic N) is 2. The highest BCUT2D eigenvalue weighted by atomic mass is 32.1. The zero-order valence-corrected chi connectivity index (χ0v) is 11.0. The summed E-state index contributed by atoms with van der Waals surface area (Å²) in [5.74, 6) is -0.251. The maximum Gasteiger partial charge on any atom is 0.275 e. The highest BCUT2D eigenvalue weighted by molar-refractivity contribution is 7.13. The third-order valence-corrected chi connectivity index (χ3v) is 3.05. The first kappa shape index (κ1) is 12.4. The van der Waals surface area contributed by atoms with Gasteiger partial charge in [0.15, 0.2) is 5.13 Å². The van der Waals surface area contributed by atoms with E-state index in [0.29, 0.717) is 10.8 Å². The van der Waals surface area contributed by atoms with Crippen LogP contribution in [0.3, 0.4) is 0 Å². The zero-order chi connectivity index (χ0) is 13.1. The van der Waals surface area contributed by atoms with Crippen LogP contribution in [0.2, 0.25) is 0 Å². The Bertz CT molecular complexity index is 565. The van der Waals surface area contributed by atoms with Gasteiger partial charge in [0.05, 0.1) is 0 Å². The van der Waals surface area contributed by atoms with Crippen LogP contribution >= 0.6 is 11.3 Å². The van der Waals surface area contributed by atoms with Crippen molar-refractivity contribution in [1.29, 1.82) is 0 Å². The van der Waals surface area contributed by atoms with E-state index in [2.05, 4.69) is 10.3 Å². The topological polar surface area (TPSA) is 71.2 Å². The largest absolute Gasteiger partial charge is 0.378 e. The van der Waals surface area contributed by atoms with Gasteiger partial charge in [0, 0.05) is 30.9 Å². The number of rotatable bonds is 3. The van der Waals surface area contributed by atoms with Crippen molar-refractivity contribution >= 4 is 33.8 Å². The van der Waals surface area contributed by atoms with Crippen LogP contribution in [0.15, 0.2) is 29.6 Å². The fourth-order valence-electron chi connectivity index (χ4n) is 1.45. The van der Waals surface area contributed by atoms with Crippen molar-refractivity contribution in [3.8, 4) is 0 Å². The quantitative estimate of drug-likeness (QED) is 0.888. The van der Waals surface area contributed by atoms with Crippen molar-refractivity contribution in [2.75, 3.05) is 30.0 Å². The van der Waals surface area contributed by atoms with E-state index in [1.165, 1.54) is 11.3 Å². The molecule has 0 saturated heterocycles. The molecule has 1 heterocycles. The van der Waals surface area contributed by atoms with Gasteiger partial charge in [-0.25, -0.2) is 4.98 Å². The Balaban J connectivity index is 2.14. The minimum atomic E-state index is -0.251. The van der Waals surface area contributed by atoms with Gasteiger partial charge in [-0.05, 0) is 18.2 Å². The summed E-state index contributed by atoms with van der Waals surface area (Å²) in [6.07, 6.45) is 0. The first-order valence-corrected chi connectivity index (χ1v) is 6.24. The van der Waals surface area contributed by atoms with Crippen molar-refractivity contribution in [3.05, 3.63) is 35.3 Å². The SMILES string of the molecule is CN(C)c1cccc(NC(=O)c2csc(N)n2)c1. The van der Waals surface area contributed by atoms with Gasteiger partial charge in [-0.15, -0.1) is 11.3 Å². The number of thiazole rings is 1. The van der Waals surface area contributed by atoms with E-state index >= 15 is 0 Å². The van der Waals surface area contributed by atoms with E-state index in [-0.39, 0.29) is 5.91 Å². The molecule has 2 rings (SSSR count). The van der Waals surface area contributed by atoms with Crippen molar-refractivity contribution in [3.63, 3.8) is 0 Å². The summed E-state index contributed by atoms with van der Waals surface area (Å²) in [4.78, 5) is 17.8. The molecular formula is C12H14N4OS. The Labute approximate surface area is 109 Å². The Morgan fingerprint density at radius 1 is 1.44 bits per heavy atom. The summed E-state index contributed by atoms with van der Waals surface area (Å²) in [6.45, 7) is 0. The van der Waals surface area contributed by atoms with Crippen LogP contribution in [0, 0.1) is 0 Å². The van der Waals surface area contributed by atoms with Crippen LogP contribution < -0.4 is 16.0 Å². The molecule has 1 aromatic heterocycles. The van der Waals surface area contributed by atoms with E-state index in [4.69, 9.17) is 5.73 Å². The predicted molar refractivity (Wildman–Crippen MR) is 75.2 cm³/mol. The summed E-state index contributed by atoms with van der Waals surface area (Å²) < 4.78 is 0. The lowest BCUT2D eigenvalue weighted by Gasteiger charge is -2.13. The van der Waals surface area contributed by atoms with Crippen molar-refractivity contribution in [2.45, 2.75) is 0 Å². The highest BCUT2D eigenvalue weighted by Gasteiger charge is 2.10. The van der Waals surface area contributed by atoms with E-state index in [1.807, 2.05) is 43.3 Å². The van der Waals surface area contributed by atoms with Gasteiger partial charge in [0.25, 0.3) is 5.91 Å². The molecule has 0 spiro atoms. The molecule has 0 bridgehead atoms. The lowest BCUT2D eigenvalue weighted by Crippen LogP contribution is -2.13. The Kier molecular flexibility index (Phi) is 3.47. The van der Waals surface area contributed by atoms with Gasteiger partial charge in [0.1, 0.15) is 5.69 Å². The summed E-state index contributed by atoms with van der Waals surface area (Å²) >= 11 is 1.25. The number of nitrogens with two attached hydrogens (primary N) is 1. The van der Waals surface area contributed by atoms with E-state index in [0.717, 1.165) is 11.4 Å². The molecule has 0 aliphatic heterocycles. The molecule has 0 unspecified atom stereocenters. The van der Waals surface area contributed by atoms with Gasteiger partial charge < -0.3 is 16.0 Å². The number of carbonyl (C=O) groups is 1. The smallest absolute Gasteiger partial charge is 0.275 e. The lowest BCUT2D eigenvalue weighted by atomic mass is 10.2. The standard InChI is InChI=1S/C12H14N4OS/c1-16(2)9-5-3-4-8(6-9)14-11(17)10-7-18-12(13)15-10/h3-7H,1-2H3,(H2,13,15)(H,14,17). The summed E-state index contributed by atoms with van der Waals surface area (Å²) in [7, 11) is 3.89.